The second-order valence-electron chi connectivity index (χ2n) is 4.72. The Morgan fingerprint density at radius 2 is 1.84 bits per heavy atom. The van der Waals surface area contributed by atoms with Gasteiger partial charge in [-0.25, -0.2) is 0 Å². The van der Waals surface area contributed by atoms with E-state index in [0.29, 0.717) is 5.69 Å². The minimum Gasteiger partial charge on any atom is -0.378 e. The molecule has 0 saturated heterocycles. The molecule has 0 radical (unpaired) electrons. The molecule has 0 aliphatic carbocycles. The number of rotatable bonds is 3. The van der Waals surface area contributed by atoms with Gasteiger partial charge in [0.1, 0.15) is 0 Å². The van der Waals surface area contributed by atoms with Gasteiger partial charge < -0.3 is 10.2 Å². The number of carbonyl (C=O) groups excluding carboxylic acids is 1. The molecule has 1 aromatic carbocycles. The number of hydrogen-bond donors (Lipinski definition) is 2. The van der Waals surface area contributed by atoms with Crippen molar-refractivity contribution in [3.63, 3.8) is 0 Å². The molecular formula is C14H18N4O. The molecule has 0 saturated carbocycles. The number of aromatic amines is 1. The summed E-state index contributed by atoms with van der Waals surface area (Å²) in [7, 11) is 3.95. The standard InChI is InChI=1S/C14H18N4O/c1-9-10(2)16-17-13(9)14(19)15-11-5-7-12(8-6-11)18(3)4/h5-8H,1-4H3,(H,15,19)(H,16,17). The van der Waals surface area contributed by atoms with Crippen LogP contribution in [-0.2, 0) is 0 Å². The van der Waals surface area contributed by atoms with Gasteiger partial charge in [-0.1, -0.05) is 0 Å². The van der Waals surface area contributed by atoms with Crippen molar-refractivity contribution in [3.05, 3.63) is 41.2 Å². The van der Waals surface area contributed by atoms with Crippen molar-refractivity contribution in [2.75, 3.05) is 24.3 Å². The SMILES string of the molecule is Cc1[nH]nc(C(=O)Nc2ccc(N(C)C)cc2)c1C. The van der Waals surface area contributed by atoms with Gasteiger partial charge in [-0.3, -0.25) is 9.89 Å². The Balaban J connectivity index is 2.13. The minimum atomic E-state index is -0.195. The van der Waals surface area contributed by atoms with E-state index in [1.54, 1.807) is 0 Å². The Morgan fingerprint density at radius 3 is 2.32 bits per heavy atom. The van der Waals surface area contributed by atoms with E-state index in [9.17, 15) is 4.79 Å². The Kier molecular flexibility index (Phi) is 3.55. The Morgan fingerprint density at radius 1 is 1.21 bits per heavy atom. The summed E-state index contributed by atoms with van der Waals surface area (Å²) in [6, 6.07) is 7.67. The zero-order valence-electron chi connectivity index (χ0n) is 11.6. The predicted octanol–water partition coefficient (Wildman–Crippen LogP) is 2.34. The van der Waals surface area contributed by atoms with E-state index in [0.717, 1.165) is 22.6 Å². The molecule has 5 heteroatoms. The summed E-state index contributed by atoms with van der Waals surface area (Å²) in [6.45, 7) is 3.77. The third-order valence-corrected chi connectivity index (χ3v) is 3.11. The fraction of sp³-hybridized carbons (Fsp3) is 0.286. The van der Waals surface area contributed by atoms with Crippen LogP contribution < -0.4 is 10.2 Å². The first-order valence-corrected chi connectivity index (χ1v) is 6.09. The van der Waals surface area contributed by atoms with Crippen molar-refractivity contribution in [2.24, 2.45) is 0 Å². The largest absolute Gasteiger partial charge is 0.378 e. The maximum atomic E-state index is 12.1. The van der Waals surface area contributed by atoms with Crippen LogP contribution in [0.2, 0.25) is 0 Å². The molecule has 2 N–H and O–H groups in total. The van der Waals surface area contributed by atoms with Crippen LogP contribution in [-0.4, -0.2) is 30.2 Å². The van der Waals surface area contributed by atoms with Gasteiger partial charge in [0.15, 0.2) is 5.69 Å². The maximum absolute atomic E-state index is 12.1. The average Bonchev–Trinajstić information content (AvgIpc) is 2.70. The number of H-pyrrole nitrogens is 1. The molecule has 1 aromatic heterocycles. The Hall–Kier alpha value is -2.30. The predicted molar refractivity (Wildman–Crippen MR) is 76.8 cm³/mol. The van der Waals surface area contributed by atoms with Crippen molar-refractivity contribution in [2.45, 2.75) is 13.8 Å². The summed E-state index contributed by atoms with van der Waals surface area (Å²) in [4.78, 5) is 14.1. The molecule has 1 amide bonds. The number of hydrogen-bond acceptors (Lipinski definition) is 3. The van der Waals surface area contributed by atoms with E-state index < -0.39 is 0 Å². The van der Waals surface area contributed by atoms with E-state index in [2.05, 4.69) is 15.5 Å². The third kappa shape index (κ3) is 2.76. The van der Waals surface area contributed by atoms with Gasteiger partial charge in [-0.05, 0) is 38.1 Å². The summed E-state index contributed by atoms with van der Waals surface area (Å²) in [5.41, 5.74) is 4.07. The third-order valence-electron chi connectivity index (χ3n) is 3.11. The van der Waals surface area contributed by atoms with Crippen molar-refractivity contribution < 1.29 is 4.79 Å². The molecule has 0 unspecified atom stereocenters. The van der Waals surface area contributed by atoms with Gasteiger partial charge in [0.05, 0.1) is 0 Å². The molecular weight excluding hydrogens is 240 g/mol. The molecule has 0 fully saturated rings. The molecule has 0 atom stereocenters. The van der Waals surface area contributed by atoms with Gasteiger partial charge in [0.25, 0.3) is 5.91 Å². The van der Waals surface area contributed by atoms with Gasteiger partial charge in [-0.15, -0.1) is 0 Å². The van der Waals surface area contributed by atoms with Crippen LogP contribution in [0.5, 0.6) is 0 Å². The molecule has 2 aromatic rings. The molecule has 5 nitrogen and oxygen atoms in total. The second kappa shape index (κ2) is 5.14. The first kappa shape index (κ1) is 13.1. The van der Waals surface area contributed by atoms with Crippen LogP contribution in [0.15, 0.2) is 24.3 Å². The van der Waals surface area contributed by atoms with Gasteiger partial charge in [0, 0.05) is 36.7 Å². The van der Waals surface area contributed by atoms with Crippen molar-refractivity contribution in [1.29, 1.82) is 0 Å². The Labute approximate surface area is 112 Å². The van der Waals surface area contributed by atoms with E-state index in [-0.39, 0.29) is 5.91 Å². The lowest BCUT2D eigenvalue weighted by atomic mass is 10.2. The average molecular weight is 258 g/mol. The van der Waals surface area contributed by atoms with E-state index in [1.807, 2.05) is 57.1 Å². The molecule has 0 bridgehead atoms. The maximum Gasteiger partial charge on any atom is 0.276 e. The van der Waals surface area contributed by atoms with E-state index in [1.165, 1.54) is 0 Å². The normalized spacial score (nSPS) is 10.3. The van der Waals surface area contributed by atoms with E-state index >= 15 is 0 Å². The molecule has 1 heterocycles. The summed E-state index contributed by atoms with van der Waals surface area (Å²) < 4.78 is 0. The highest BCUT2D eigenvalue weighted by Crippen LogP contribution is 2.17. The topological polar surface area (TPSA) is 61.0 Å². The number of amides is 1. The van der Waals surface area contributed by atoms with Crippen LogP contribution >= 0.6 is 0 Å². The fourth-order valence-electron chi connectivity index (χ4n) is 1.74. The summed E-state index contributed by atoms with van der Waals surface area (Å²) in [6.07, 6.45) is 0. The molecule has 100 valence electrons. The van der Waals surface area contributed by atoms with E-state index in [4.69, 9.17) is 0 Å². The molecule has 19 heavy (non-hydrogen) atoms. The highest BCUT2D eigenvalue weighted by Gasteiger charge is 2.14. The number of aromatic nitrogens is 2. The first-order valence-electron chi connectivity index (χ1n) is 6.09. The number of anilines is 2. The summed E-state index contributed by atoms with van der Waals surface area (Å²) >= 11 is 0. The second-order valence-corrected chi connectivity index (χ2v) is 4.72. The number of nitrogens with one attached hydrogen (secondary N) is 2. The van der Waals surface area contributed by atoms with Crippen LogP contribution in [0.4, 0.5) is 11.4 Å². The van der Waals surface area contributed by atoms with Gasteiger partial charge in [-0.2, -0.15) is 5.10 Å². The lowest BCUT2D eigenvalue weighted by Gasteiger charge is -2.12. The van der Waals surface area contributed by atoms with Crippen molar-refractivity contribution in [1.82, 2.24) is 10.2 Å². The van der Waals surface area contributed by atoms with Crippen LogP contribution in [0.3, 0.4) is 0 Å². The Bertz CT molecular complexity index is 584. The number of benzene rings is 1. The molecule has 0 aliphatic rings. The first-order chi connectivity index (χ1) is 8.99. The molecule has 0 aliphatic heterocycles. The summed E-state index contributed by atoms with van der Waals surface area (Å²) in [5, 5.41) is 9.66. The summed E-state index contributed by atoms with van der Waals surface area (Å²) in [5.74, 6) is -0.195. The lowest BCUT2D eigenvalue weighted by Crippen LogP contribution is -2.14. The zero-order valence-corrected chi connectivity index (χ0v) is 11.6. The van der Waals surface area contributed by atoms with Crippen molar-refractivity contribution in [3.8, 4) is 0 Å². The molecule has 0 spiro atoms. The fourth-order valence-corrected chi connectivity index (χ4v) is 1.74. The van der Waals surface area contributed by atoms with Crippen LogP contribution in [0.1, 0.15) is 21.7 Å². The molecule has 2 rings (SSSR count). The zero-order chi connectivity index (χ0) is 14.0. The van der Waals surface area contributed by atoms with Gasteiger partial charge in [0.2, 0.25) is 0 Å². The highest BCUT2D eigenvalue weighted by molar-refractivity contribution is 6.04. The van der Waals surface area contributed by atoms with Crippen LogP contribution in [0.25, 0.3) is 0 Å². The lowest BCUT2D eigenvalue weighted by molar-refractivity contribution is 0.102. The number of aryl methyl sites for hydroxylation is 1. The number of carbonyl (C=O) groups is 1. The minimum absolute atomic E-state index is 0.195. The van der Waals surface area contributed by atoms with Gasteiger partial charge >= 0.3 is 0 Å². The van der Waals surface area contributed by atoms with Crippen molar-refractivity contribution >= 4 is 17.3 Å². The van der Waals surface area contributed by atoms with Crippen LogP contribution in [0, 0.1) is 13.8 Å². The smallest absolute Gasteiger partial charge is 0.276 e. The number of nitrogens with zero attached hydrogens (tertiary/aromatic N) is 2. The quantitative estimate of drug-likeness (QED) is 0.888. The highest BCUT2D eigenvalue weighted by atomic mass is 16.1. The monoisotopic (exact) mass is 258 g/mol.